The maximum atomic E-state index is 13.0. The highest BCUT2D eigenvalue weighted by molar-refractivity contribution is 5.95. The van der Waals surface area contributed by atoms with Crippen molar-refractivity contribution in [2.45, 2.75) is 52.9 Å². The van der Waals surface area contributed by atoms with Crippen molar-refractivity contribution >= 4 is 5.91 Å². The number of aromatic nitrogens is 2. The fraction of sp³-hybridized carbons (Fsp3) is 0.500. The van der Waals surface area contributed by atoms with Crippen molar-refractivity contribution in [1.29, 1.82) is 0 Å². The first-order valence-corrected chi connectivity index (χ1v) is 9.07. The van der Waals surface area contributed by atoms with Crippen LogP contribution < -0.4 is 0 Å². The molecule has 3 heterocycles. The van der Waals surface area contributed by atoms with Gasteiger partial charge in [-0.05, 0) is 51.8 Å². The molecule has 3 rings (SSSR count). The highest BCUT2D eigenvalue weighted by Crippen LogP contribution is 2.21. The number of hydrogen-bond acceptors (Lipinski definition) is 3. The first kappa shape index (κ1) is 17.7. The molecule has 0 saturated carbocycles. The molecule has 1 fully saturated rings. The highest BCUT2D eigenvalue weighted by Gasteiger charge is 2.27. The average molecular weight is 341 g/mol. The summed E-state index contributed by atoms with van der Waals surface area (Å²) >= 11 is 0. The largest absolute Gasteiger partial charge is 0.370 e. The van der Waals surface area contributed by atoms with E-state index in [1.54, 1.807) is 6.20 Å². The second-order valence-corrected chi connectivity index (χ2v) is 6.68. The number of hydrogen-bond donors (Lipinski definition) is 0. The molecule has 5 heteroatoms. The van der Waals surface area contributed by atoms with Gasteiger partial charge in [-0.2, -0.15) is 0 Å². The molecule has 0 bridgehead atoms. The average Bonchev–Trinajstić information content (AvgIpc) is 2.94. The standard InChI is InChI=1S/C20H27N3O2/c1-4-23-15(2)12-19(16(23)3)20(24)22-11-7-9-18(13-22)25-14-17-8-5-6-10-21-17/h5-6,8,10,12,18H,4,7,9,11,13-14H2,1-3H3/t18-/m0/s1. The molecule has 25 heavy (non-hydrogen) atoms. The number of amides is 1. The second-order valence-electron chi connectivity index (χ2n) is 6.68. The molecule has 0 N–H and O–H groups in total. The number of aryl methyl sites for hydroxylation is 1. The van der Waals surface area contributed by atoms with Crippen LogP contribution in [0.2, 0.25) is 0 Å². The predicted molar refractivity (Wildman–Crippen MR) is 97.5 cm³/mol. The zero-order chi connectivity index (χ0) is 17.8. The Balaban J connectivity index is 1.64. The lowest BCUT2D eigenvalue weighted by Gasteiger charge is -2.32. The number of rotatable bonds is 5. The number of carbonyl (C=O) groups excluding carboxylic acids is 1. The van der Waals surface area contributed by atoms with Crippen molar-refractivity contribution < 1.29 is 9.53 Å². The summed E-state index contributed by atoms with van der Waals surface area (Å²) < 4.78 is 8.19. The molecule has 0 spiro atoms. The molecule has 1 amide bonds. The Bertz CT molecular complexity index is 724. The fourth-order valence-electron chi connectivity index (χ4n) is 3.62. The van der Waals surface area contributed by atoms with Crippen molar-refractivity contribution in [3.8, 4) is 0 Å². The Morgan fingerprint density at radius 1 is 1.36 bits per heavy atom. The van der Waals surface area contributed by atoms with Gasteiger partial charge in [-0.1, -0.05) is 6.07 Å². The molecule has 0 unspecified atom stereocenters. The van der Waals surface area contributed by atoms with Crippen LogP contribution in [0.15, 0.2) is 30.5 Å². The van der Waals surface area contributed by atoms with Crippen molar-refractivity contribution in [1.82, 2.24) is 14.5 Å². The van der Waals surface area contributed by atoms with Gasteiger partial charge in [0.15, 0.2) is 0 Å². The van der Waals surface area contributed by atoms with Crippen LogP contribution in [-0.2, 0) is 17.9 Å². The van der Waals surface area contributed by atoms with Crippen LogP contribution in [-0.4, -0.2) is 39.6 Å². The number of piperidine rings is 1. The molecule has 2 aromatic heterocycles. The minimum Gasteiger partial charge on any atom is -0.370 e. The molecule has 0 aromatic carbocycles. The van der Waals surface area contributed by atoms with E-state index in [2.05, 4.69) is 23.4 Å². The van der Waals surface area contributed by atoms with Crippen LogP contribution in [0.4, 0.5) is 0 Å². The van der Waals surface area contributed by atoms with Crippen LogP contribution in [0.3, 0.4) is 0 Å². The van der Waals surface area contributed by atoms with Gasteiger partial charge in [0.25, 0.3) is 5.91 Å². The number of pyridine rings is 1. The predicted octanol–water partition coefficient (Wildman–Crippen LogP) is 3.34. The van der Waals surface area contributed by atoms with Crippen LogP contribution in [0.25, 0.3) is 0 Å². The Hall–Kier alpha value is -2.14. The second kappa shape index (κ2) is 7.83. The van der Waals surface area contributed by atoms with E-state index in [-0.39, 0.29) is 12.0 Å². The molecule has 0 aliphatic carbocycles. The van der Waals surface area contributed by atoms with E-state index in [0.717, 1.165) is 48.6 Å². The minimum atomic E-state index is 0.0781. The van der Waals surface area contributed by atoms with Crippen LogP contribution >= 0.6 is 0 Å². The van der Waals surface area contributed by atoms with Crippen molar-refractivity contribution in [2.24, 2.45) is 0 Å². The lowest BCUT2D eigenvalue weighted by Crippen LogP contribution is -2.43. The fourth-order valence-corrected chi connectivity index (χ4v) is 3.62. The SMILES string of the molecule is CCn1c(C)cc(C(=O)N2CCC[C@H](OCc3ccccn3)C2)c1C. The lowest BCUT2D eigenvalue weighted by molar-refractivity contribution is -0.00787. The van der Waals surface area contributed by atoms with Gasteiger partial charge in [0.05, 0.1) is 24.0 Å². The summed E-state index contributed by atoms with van der Waals surface area (Å²) in [6, 6.07) is 7.84. The maximum absolute atomic E-state index is 13.0. The van der Waals surface area contributed by atoms with E-state index >= 15 is 0 Å². The Morgan fingerprint density at radius 2 is 2.20 bits per heavy atom. The van der Waals surface area contributed by atoms with Gasteiger partial charge >= 0.3 is 0 Å². The maximum Gasteiger partial charge on any atom is 0.255 e. The summed E-state index contributed by atoms with van der Waals surface area (Å²) in [5.74, 6) is 0.124. The van der Waals surface area contributed by atoms with Crippen LogP contribution in [0, 0.1) is 13.8 Å². The number of carbonyl (C=O) groups is 1. The number of ether oxygens (including phenoxy) is 1. The van der Waals surface area contributed by atoms with E-state index in [1.165, 1.54) is 0 Å². The third kappa shape index (κ3) is 3.93. The highest BCUT2D eigenvalue weighted by atomic mass is 16.5. The lowest BCUT2D eigenvalue weighted by atomic mass is 10.1. The third-order valence-corrected chi connectivity index (χ3v) is 4.98. The van der Waals surface area contributed by atoms with Crippen LogP contribution in [0.1, 0.15) is 47.2 Å². The van der Waals surface area contributed by atoms with Gasteiger partial charge in [-0.3, -0.25) is 9.78 Å². The van der Waals surface area contributed by atoms with E-state index in [4.69, 9.17) is 4.74 Å². The van der Waals surface area contributed by atoms with E-state index in [9.17, 15) is 4.79 Å². The zero-order valence-corrected chi connectivity index (χ0v) is 15.4. The summed E-state index contributed by atoms with van der Waals surface area (Å²) in [4.78, 5) is 19.2. The van der Waals surface area contributed by atoms with Gasteiger partial charge in [0, 0.05) is 37.2 Å². The summed E-state index contributed by atoms with van der Waals surface area (Å²) in [7, 11) is 0. The topological polar surface area (TPSA) is 47.4 Å². The molecule has 1 aliphatic heterocycles. The first-order chi connectivity index (χ1) is 12.1. The molecule has 1 aliphatic rings. The number of nitrogens with zero attached hydrogens (tertiary/aromatic N) is 3. The molecule has 134 valence electrons. The van der Waals surface area contributed by atoms with Gasteiger partial charge < -0.3 is 14.2 Å². The van der Waals surface area contributed by atoms with Gasteiger partial charge in [-0.25, -0.2) is 0 Å². The van der Waals surface area contributed by atoms with Crippen molar-refractivity contribution in [3.05, 3.63) is 53.1 Å². The van der Waals surface area contributed by atoms with E-state index in [1.807, 2.05) is 36.1 Å². The third-order valence-electron chi connectivity index (χ3n) is 4.98. The van der Waals surface area contributed by atoms with Gasteiger partial charge in [-0.15, -0.1) is 0 Å². The van der Waals surface area contributed by atoms with Gasteiger partial charge in [0.2, 0.25) is 0 Å². The molecule has 5 nitrogen and oxygen atoms in total. The van der Waals surface area contributed by atoms with Crippen molar-refractivity contribution in [2.75, 3.05) is 13.1 Å². The molecule has 2 aromatic rings. The summed E-state index contributed by atoms with van der Waals surface area (Å²) in [5.41, 5.74) is 3.95. The van der Waals surface area contributed by atoms with Crippen molar-refractivity contribution in [3.63, 3.8) is 0 Å². The first-order valence-electron chi connectivity index (χ1n) is 9.07. The molecule has 1 atom stereocenters. The summed E-state index contributed by atoms with van der Waals surface area (Å²) in [6.07, 6.45) is 3.82. The Morgan fingerprint density at radius 3 is 2.88 bits per heavy atom. The molecule has 1 saturated heterocycles. The minimum absolute atomic E-state index is 0.0781. The number of likely N-dealkylation sites (tertiary alicyclic amines) is 1. The quantitative estimate of drug-likeness (QED) is 0.838. The van der Waals surface area contributed by atoms with Crippen LogP contribution in [0.5, 0.6) is 0 Å². The van der Waals surface area contributed by atoms with E-state index < -0.39 is 0 Å². The summed E-state index contributed by atoms with van der Waals surface area (Å²) in [6.45, 7) is 9.04. The molecular formula is C20H27N3O2. The zero-order valence-electron chi connectivity index (χ0n) is 15.4. The smallest absolute Gasteiger partial charge is 0.255 e. The summed E-state index contributed by atoms with van der Waals surface area (Å²) in [5, 5.41) is 0. The molecule has 0 radical (unpaired) electrons. The monoisotopic (exact) mass is 341 g/mol. The Kier molecular flexibility index (Phi) is 5.53. The normalized spacial score (nSPS) is 17.7. The molecular weight excluding hydrogens is 314 g/mol. The Labute approximate surface area is 149 Å². The van der Waals surface area contributed by atoms with Gasteiger partial charge in [0.1, 0.15) is 0 Å². The van der Waals surface area contributed by atoms with E-state index in [0.29, 0.717) is 13.2 Å².